The van der Waals surface area contributed by atoms with Gasteiger partial charge in [0.25, 0.3) is 5.91 Å². The third-order valence-corrected chi connectivity index (χ3v) is 6.93. The van der Waals surface area contributed by atoms with Crippen molar-refractivity contribution in [2.24, 2.45) is 0 Å². The number of hydrogen-bond donors (Lipinski definition) is 0. The highest BCUT2D eigenvalue weighted by atomic mass is 32.2. The minimum absolute atomic E-state index is 0.0538. The van der Waals surface area contributed by atoms with Crippen molar-refractivity contribution in [2.45, 2.75) is 42.5 Å². The standard InChI is InChI=1S/C19H25N3O5S/c1-21(2)28(25,26)16-9-7-15(8-10-16)18(24)27-13-17(23)22(3)19(14-20)11-5-4-6-12-19/h7-10H,4-6,11-13H2,1-3H3. The average molecular weight is 407 g/mol. The molecule has 1 amide bonds. The number of hydrogen-bond acceptors (Lipinski definition) is 6. The number of carbonyl (C=O) groups excluding carboxylic acids is 2. The Kier molecular flexibility index (Phi) is 6.80. The highest BCUT2D eigenvalue weighted by molar-refractivity contribution is 7.89. The molecule has 0 bridgehead atoms. The predicted molar refractivity (Wildman–Crippen MR) is 102 cm³/mol. The summed E-state index contributed by atoms with van der Waals surface area (Å²) in [6.07, 6.45) is 4.03. The van der Waals surface area contributed by atoms with Gasteiger partial charge in [0.2, 0.25) is 10.0 Å². The predicted octanol–water partition coefficient (Wildman–Crippen LogP) is 1.78. The van der Waals surface area contributed by atoms with Gasteiger partial charge in [-0.2, -0.15) is 5.26 Å². The topological polar surface area (TPSA) is 108 Å². The summed E-state index contributed by atoms with van der Waals surface area (Å²) in [5.74, 6) is -1.17. The van der Waals surface area contributed by atoms with E-state index in [2.05, 4.69) is 6.07 Å². The Labute approximate surface area is 165 Å². The number of ether oxygens (including phenoxy) is 1. The zero-order chi connectivity index (χ0) is 20.9. The molecule has 1 aromatic carbocycles. The van der Waals surface area contributed by atoms with Crippen LogP contribution in [0.1, 0.15) is 42.5 Å². The Bertz CT molecular complexity index is 866. The third-order valence-electron chi connectivity index (χ3n) is 5.10. The van der Waals surface area contributed by atoms with E-state index in [0.29, 0.717) is 12.8 Å². The van der Waals surface area contributed by atoms with E-state index >= 15 is 0 Å². The van der Waals surface area contributed by atoms with E-state index in [1.807, 2.05) is 0 Å². The third kappa shape index (κ3) is 4.51. The van der Waals surface area contributed by atoms with Crippen molar-refractivity contribution in [1.29, 1.82) is 5.26 Å². The highest BCUT2D eigenvalue weighted by Crippen LogP contribution is 2.32. The fourth-order valence-electron chi connectivity index (χ4n) is 3.18. The average Bonchev–Trinajstić information content (AvgIpc) is 2.71. The van der Waals surface area contributed by atoms with Crippen molar-refractivity contribution in [3.05, 3.63) is 29.8 Å². The van der Waals surface area contributed by atoms with Crippen LogP contribution in [0, 0.1) is 11.3 Å². The summed E-state index contributed by atoms with van der Waals surface area (Å²) < 4.78 is 30.2. The molecule has 0 heterocycles. The van der Waals surface area contributed by atoms with E-state index in [9.17, 15) is 23.3 Å². The molecule has 8 nitrogen and oxygen atoms in total. The SMILES string of the molecule is CN(C(=O)COC(=O)c1ccc(S(=O)(=O)N(C)C)cc1)C1(C#N)CCCCC1. The van der Waals surface area contributed by atoms with Gasteiger partial charge >= 0.3 is 5.97 Å². The molecular formula is C19H25N3O5S. The largest absolute Gasteiger partial charge is 0.452 e. The molecule has 1 aliphatic rings. The lowest BCUT2D eigenvalue weighted by Crippen LogP contribution is -2.51. The fourth-order valence-corrected chi connectivity index (χ4v) is 4.08. The second-order valence-electron chi connectivity index (χ2n) is 7.04. The van der Waals surface area contributed by atoms with Crippen LogP contribution >= 0.6 is 0 Å². The summed E-state index contributed by atoms with van der Waals surface area (Å²) in [6, 6.07) is 7.55. The van der Waals surface area contributed by atoms with Gasteiger partial charge in [-0.05, 0) is 37.1 Å². The van der Waals surface area contributed by atoms with Crippen molar-refractivity contribution >= 4 is 21.9 Å². The first kappa shape index (κ1) is 21.9. The molecule has 0 saturated heterocycles. The first-order chi connectivity index (χ1) is 13.1. The molecule has 1 aromatic rings. The van der Waals surface area contributed by atoms with Crippen LogP contribution in [0.15, 0.2) is 29.2 Å². The van der Waals surface area contributed by atoms with Gasteiger partial charge in [-0.25, -0.2) is 17.5 Å². The molecule has 1 aliphatic carbocycles. The second kappa shape index (κ2) is 8.71. The van der Waals surface area contributed by atoms with Crippen LogP contribution in [0.5, 0.6) is 0 Å². The molecule has 0 atom stereocenters. The van der Waals surface area contributed by atoms with E-state index in [1.54, 1.807) is 7.05 Å². The number of amides is 1. The smallest absolute Gasteiger partial charge is 0.338 e. The summed E-state index contributed by atoms with van der Waals surface area (Å²) in [5.41, 5.74) is -0.704. The number of nitriles is 1. The molecule has 0 aliphatic heterocycles. The summed E-state index contributed by atoms with van der Waals surface area (Å²) in [4.78, 5) is 26.0. The van der Waals surface area contributed by atoms with Crippen LogP contribution in [0.2, 0.25) is 0 Å². The Hall–Kier alpha value is -2.44. The lowest BCUT2D eigenvalue weighted by atomic mass is 9.81. The van der Waals surface area contributed by atoms with Crippen LogP contribution < -0.4 is 0 Å². The maximum absolute atomic E-state index is 12.4. The van der Waals surface area contributed by atoms with Gasteiger partial charge in [-0.3, -0.25) is 4.79 Å². The molecule has 28 heavy (non-hydrogen) atoms. The van der Waals surface area contributed by atoms with E-state index < -0.39 is 34.0 Å². The van der Waals surface area contributed by atoms with Crippen LogP contribution in [-0.2, 0) is 19.6 Å². The second-order valence-corrected chi connectivity index (χ2v) is 9.20. The van der Waals surface area contributed by atoms with E-state index in [4.69, 9.17) is 4.74 Å². The van der Waals surface area contributed by atoms with Crippen LogP contribution in [0.3, 0.4) is 0 Å². The minimum atomic E-state index is -3.59. The molecule has 0 aromatic heterocycles. The number of sulfonamides is 1. The molecular weight excluding hydrogens is 382 g/mol. The van der Waals surface area contributed by atoms with Gasteiger partial charge in [-0.15, -0.1) is 0 Å². The van der Waals surface area contributed by atoms with E-state index in [-0.39, 0.29) is 10.5 Å². The molecule has 1 fully saturated rings. The van der Waals surface area contributed by atoms with Gasteiger partial charge in [-0.1, -0.05) is 19.3 Å². The molecule has 0 spiro atoms. The number of carbonyl (C=O) groups is 2. The zero-order valence-corrected chi connectivity index (χ0v) is 17.2. The molecule has 0 unspecified atom stereocenters. The Morgan fingerprint density at radius 1 is 1.11 bits per heavy atom. The number of rotatable bonds is 6. The number of benzene rings is 1. The van der Waals surface area contributed by atoms with Crippen LogP contribution in [0.4, 0.5) is 0 Å². The molecule has 152 valence electrons. The van der Waals surface area contributed by atoms with E-state index in [1.165, 1.54) is 43.3 Å². The summed E-state index contributed by atoms with van der Waals surface area (Å²) in [5, 5.41) is 9.54. The summed E-state index contributed by atoms with van der Waals surface area (Å²) in [6.45, 7) is -0.476. The maximum atomic E-state index is 12.4. The Morgan fingerprint density at radius 3 is 2.18 bits per heavy atom. The first-order valence-corrected chi connectivity index (χ1v) is 10.5. The molecule has 2 rings (SSSR count). The number of likely N-dealkylation sites (N-methyl/N-ethyl adjacent to an activating group) is 1. The lowest BCUT2D eigenvalue weighted by Gasteiger charge is -2.38. The van der Waals surface area contributed by atoms with Gasteiger partial charge in [0.05, 0.1) is 16.5 Å². The fraction of sp³-hybridized carbons (Fsp3) is 0.526. The number of esters is 1. The zero-order valence-electron chi connectivity index (χ0n) is 16.3. The van der Waals surface area contributed by atoms with Crippen molar-refractivity contribution in [3.63, 3.8) is 0 Å². The maximum Gasteiger partial charge on any atom is 0.338 e. The van der Waals surface area contributed by atoms with Crippen molar-refractivity contribution < 1.29 is 22.7 Å². The normalized spacial score (nSPS) is 16.2. The van der Waals surface area contributed by atoms with Crippen LogP contribution in [0.25, 0.3) is 0 Å². The quantitative estimate of drug-likeness (QED) is 0.665. The Balaban J connectivity index is 2.00. The minimum Gasteiger partial charge on any atom is -0.452 e. The first-order valence-electron chi connectivity index (χ1n) is 9.02. The van der Waals surface area contributed by atoms with E-state index in [0.717, 1.165) is 23.6 Å². The van der Waals surface area contributed by atoms with Crippen molar-refractivity contribution in [3.8, 4) is 6.07 Å². The Morgan fingerprint density at radius 2 is 1.68 bits per heavy atom. The molecule has 9 heteroatoms. The molecule has 1 saturated carbocycles. The van der Waals surface area contributed by atoms with Gasteiger partial charge < -0.3 is 9.64 Å². The molecule has 0 N–H and O–H groups in total. The van der Waals surface area contributed by atoms with Gasteiger partial charge in [0.15, 0.2) is 6.61 Å². The van der Waals surface area contributed by atoms with Crippen molar-refractivity contribution in [1.82, 2.24) is 9.21 Å². The monoisotopic (exact) mass is 407 g/mol. The lowest BCUT2D eigenvalue weighted by molar-refractivity contribution is -0.138. The molecule has 0 radical (unpaired) electrons. The van der Waals surface area contributed by atoms with Gasteiger partial charge in [0, 0.05) is 21.1 Å². The van der Waals surface area contributed by atoms with Gasteiger partial charge in [0.1, 0.15) is 5.54 Å². The summed E-state index contributed by atoms with van der Waals surface area (Å²) in [7, 11) is 0.806. The van der Waals surface area contributed by atoms with Crippen molar-refractivity contribution in [2.75, 3.05) is 27.7 Å². The summed E-state index contributed by atoms with van der Waals surface area (Å²) >= 11 is 0. The number of nitrogens with zero attached hydrogens (tertiary/aromatic N) is 3. The highest BCUT2D eigenvalue weighted by Gasteiger charge is 2.39. The van der Waals surface area contributed by atoms with Crippen LogP contribution in [-0.4, -0.2) is 62.8 Å².